The average molecular weight is 312 g/mol. The summed E-state index contributed by atoms with van der Waals surface area (Å²) in [6.45, 7) is 4.56. The summed E-state index contributed by atoms with van der Waals surface area (Å²) in [6.07, 6.45) is 0. The zero-order valence-corrected chi connectivity index (χ0v) is 12.3. The third kappa shape index (κ3) is 3.10. The highest BCUT2D eigenvalue weighted by atomic mass is 79.9. The molecule has 0 saturated carbocycles. The van der Waals surface area contributed by atoms with Crippen LogP contribution in [0.4, 0.5) is 5.69 Å². The fraction of sp³-hybridized carbons (Fsp3) is 0.462. The third-order valence-electron chi connectivity index (χ3n) is 3.24. The van der Waals surface area contributed by atoms with Crippen molar-refractivity contribution in [2.75, 3.05) is 32.0 Å². The number of nitrogens with one attached hydrogen (secondary N) is 2. The summed E-state index contributed by atoms with van der Waals surface area (Å²) in [5, 5.41) is 6.21. The number of hydrogen-bond donors (Lipinski definition) is 2. The second-order valence-corrected chi connectivity index (χ2v) is 5.51. The number of carbonyl (C=O) groups excluding carboxylic acids is 1. The minimum Gasteiger partial charge on any atom is -0.325 e. The first-order valence-electron chi connectivity index (χ1n) is 6.06. The second-order valence-electron chi connectivity index (χ2n) is 4.65. The van der Waals surface area contributed by atoms with Crippen LogP contribution in [0.5, 0.6) is 0 Å². The molecular formula is C13H18BrN3O. The molecule has 5 heteroatoms. The van der Waals surface area contributed by atoms with Crippen molar-refractivity contribution in [2.24, 2.45) is 0 Å². The molecule has 1 unspecified atom stereocenters. The van der Waals surface area contributed by atoms with Gasteiger partial charge in [-0.15, -0.1) is 0 Å². The van der Waals surface area contributed by atoms with Crippen LogP contribution < -0.4 is 10.6 Å². The maximum Gasteiger partial charge on any atom is 0.243 e. The van der Waals surface area contributed by atoms with Crippen molar-refractivity contribution >= 4 is 27.5 Å². The Bertz CT molecular complexity index is 450. The Hall–Kier alpha value is -0.910. The maximum absolute atomic E-state index is 12.2. The highest BCUT2D eigenvalue weighted by molar-refractivity contribution is 9.10. The lowest BCUT2D eigenvalue weighted by atomic mass is 10.1. The second kappa shape index (κ2) is 5.82. The minimum atomic E-state index is -0.0947. The van der Waals surface area contributed by atoms with E-state index in [0.29, 0.717) is 6.54 Å². The third-order valence-corrected chi connectivity index (χ3v) is 4.13. The first kappa shape index (κ1) is 13.5. The van der Waals surface area contributed by atoms with Crippen molar-refractivity contribution in [3.05, 3.63) is 28.2 Å². The predicted molar refractivity (Wildman–Crippen MR) is 76.8 cm³/mol. The molecule has 1 aromatic rings. The van der Waals surface area contributed by atoms with Crippen LogP contribution in [0.25, 0.3) is 0 Å². The van der Waals surface area contributed by atoms with E-state index in [2.05, 4.69) is 31.5 Å². The lowest BCUT2D eigenvalue weighted by molar-refractivity contribution is -0.121. The Morgan fingerprint density at radius 1 is 1.56 bits per heavy atom. The Labute approximate surface area is 116 Å². The monoisotopic (exact) mass is 311 g/mol. The number of hydrogen-bond acceptors (Lipinski definition) is 3. The predicted octanol–water partition coefficient (Wildman–Crippen LogP) is 1.60. The Morgan fingerprint density at radius 2 is 2.33 bits per heavy atom. The topological polar surface area (TPSA) is 44.4 Å². The molecule has 0 spiro atoms. The number of benzene rings is 1. The van der Waals surface area contributed by atoms with E-state index in [9.17, 15) is 4.79 Å². The normalized spacial score (nSPS) is 20.7. The van der Waals surface area contributed by atoms with Crippen molar-refractivity contribution in [2.45, 2.75) is 13.0 Å². The number of rotatable bonds is 2. The molecular weight excluding hydrogens is 294 g/mol. The number of nitrogens with zero attached hydrogens (tertiary/aromatic N) is 1. The zero-order chi connectivity index (χ0) is 13.1. The molecule has 98 valence electrons. The number of anilines is 1. The molecule has 2 N–H and O–H groups in total. The van der Waals surface area contributed by atoms with Gasteiger partial charge in [-0.25, -0.2) is 0 Å². The van der Waals surface area contributed by atoms with Crippen molar-refractivity contribution < 1.29 is 4.79 Å². The van der Waals surface area contributed by atoms with Crippen LogP contribution in [0.3, 0.4) is 0 Å². The van der Waals surface area contributed by atoms with Gasteiger partial charge in [0, 0.05) is 29.8 Å². The summed E-state index contributed by atoms with van der Waals surface area (Å²) in [5.74, 6) is 0.0476. The van der Waals surface area contributed by atoms with Gasteiger partial charge in [-0.3, -0.25) is 9.69 Å². The molecule has 0 radical (unpaired) electrons. The highest BCUT2D eigenvalue weighted by Crippen LogP contribution is 2.20. The summed E-state index contributed by atoms with van der Waals surface area (Å²) >= 11 is 3.45. The molecule has 1 heterocycles. The fourth-order valence-electron chi connectivity index (χ4n) is 2.05. The zero-order valence-electron chi connectivity index (χ0n) is 10.7. The fourth-order valence-corrected chi connectivity index (χ4v) is 2.29. The van der Waals surface area contributed by atoms with Gasteiger partial charge in [0.05, 0.1) is 0 Å². The highest BCUT2D eigenvalue weighted by Gasteiger charge is 2.25. The molecule has 1 aliphatic rings. The van der Waals surface area contributed by atoms with Gasteiger partial charge in [0.25, 0.3) is 0 Å². The largest absolute Gasteiger partial charge is 0.325 e. The van der Waals surface area contributed by atoms with Gasteiger partial charge in [0.1, 0.15) is 6.04 Å². The van der Waals surface area contributed by atoms with E-state index in [-0.39, 0.29) is 11.9 Å². The van der Waals surface area contributed by atoms with Crippen LogP contribution >= 0.6 is 15.9 Å². The smallest absolute Gasteiger partial charge is 0.243 e. The van der Waals surface area contributed by atoms with Gasteiger partial charge in [0.15, 0.2) is 0 Å². The van der Waals surface area contributed by atoms with E-state index in [1.165, 1.54) is 0 Å². The van der Waals surface area contributed by atoms with Crippen LogP contribution in [0.1, 0.15) is 5.56 Å². The van der Waals surface area contributed by atoms with Crippen molar-refractivity contribution in [1.82, 2.24) is 10.2 Å². The van der Waals surface area contributed by atoms with Gasteiger partial charge in [0.2, 0.25) is 5.91 Å². The summed E-state index contributed by atoms with van der Waals surface area (Å²) in [7, 11) is 1.98. The van der Waals surface area contributed by atoms with Gasteiger partial charge in [-0.05, 0) is 37.7 Å². The molecule has 1 amide bonds. The van der Waals surface area contributed by atoms with Gasteiger partial charge >= 0.3 is 0 Å². The number of halogens is 1. The van der Waals surface area contributed by atoms with Crippen molar-refractivity contribution in [3.8, 4) is 0 Å². The van der Waals surface area contributed by atoms with Crippen LogP contribution in [0.15, 0.2) is 22.7 Å². The standard InChI is InChI=1S/C13H18BrN3O/c1-9-7-10(3-4-11(9)14)16-13(18)12-8-15-5-6-17(12)2/h3-4,7,12,15H,5-6,8H2,1-2H3,(H,16,18). The number of likely N-dealkylation sites (N-methyl/N-ethyl adjacent to an activating group) is 1. The van der Waals surface area contributed by atoms with Crippen LogP contribution in [0, 0.1) is 6.92 Å². The van der Waals surface area contributed by atoms with E-state index in [1.54, 1.807) is 0 Å². The first-order valence-corrected chi connectivity index (χ1v) is 6.85. The van der Waals surface area contributed by atoms with E-state index in [1.807, 2.05) is 32.2 Å². The van der Waals surface area contributed by atoms with Crippen LogP contribution in [-0.2, 0) is 4.79 Å². The number of piperazine rings is 1. The molecule has 1 aromatic carbocycles. The number of carbonyl (C=O) groups is 1. The van der Waals surface area contributed by atoms with Gasteiger partial charge < -0.3 is 10.6 Å². The molecule has 1 saturated heterocycles. The summed E-state index contributed by atoms with van der Waals surface area (Å²) < 4.78 is 1.05. The molecule has 1 fully saturated rings. The SMILES string of the molecule is Cc1cc(NC(=O)C2CNCCN2C)ccc1Br. The molecule has 2 rings (SSSR count). The molecule has 4 nitrogen and oxygen atoms in total. The van der Waals surface area contributed by atoms with Crippen molar-refractivity contribution in [1.29, 1.82) is 0 Å². The maximum atomic E-state index is 12.2. The Kier molecular flexibility index (Phi) is 4.37. The molecule has 18 heavy (non-hydrogen) atoms. The molecule has 1 atom stereocenters. The Balaban J connectivity index is 2.04. The lowest BCUT2D eigenvalue weighted by Crippen LogP contribution is -2.54. The average Bonchev–Trinajstić information content (AvgIpc) is 2.34. The van der Waals surface area contributed by atoms with Gasteiger partial charge in [-0.2, -0.15) is 0 Å². The summed E-state index contributed by atoms with van der Waals surface area (Å²) in [5.41, 5.74) is 1.96. The first-order chi connectivity index (χ1) is 8.58. The van der Waals surface area contributed by atoms with Crippen molar-refractivity contribution in [3.63, 3.8) is 0 Å². The summed E-state index contributed by atoms with van der Waals surface area (Å²) in [6, 6.07) is 5.74. The molecule has 0 aromatic heterocycles. The molecule has 0 bridgehead atoms. The number of amides is 1. The van der Waals surface area contributed by atoms with Crippen LogP contribution in [-0.4, -0.2) is 43.5 Å². The summed E-state index contributed by atoms with van der Waals surface area (Å²) in [4.78, 5) is 14.3. The van der Waals surface area contributed by atoms with E-state index >= 15 is 0 Å². The quantitative estimate of drug-likeness (QED) is 0.872. The van der Waals surface area contributed by atoms with E-state index < -0.39 is 0 Å². The number of aryl methyl sites for hydroxylation is 1. The van der Waals surface area contributed by atoms with Gasteiger partial charge in [-0.1, -0.05) is 15.9 Å². The molecule has 0 aliphatic carbocycles. The van der Waals surface area contributed by atoms with Crippen LogP contribution in [0.2, 0.25) is 0 Å². The lowest BCUT2D eigenvalue weighted by Gasteiger charge is -2.31. The van der Waals surface area contributed by atoms with E-state index in [0.717, 1.165) is 28.8 Å². The Morgan fingerprint density at radius 3 is 3.00 bits per heavy atom. The van der Waals surface area contributed by atoms with E-state index in [4.69, 9.17) is 0 Å². The minimum absolute atomic E-state index is 0.0476. The molecule has 1 aliphatic heterocycles.